The first-order chi connectivity index (χ1) is 11.7. The fraction of sp³-hybridized carbons (Fsp3) is 0.263. The van der Waals surface area contributed by atoms with Crippen LogP contribution in [0.2, 0.25) is 0 Å². The Labute approximate surface area is 153 Å². The van der Waals surface area contributed by atoms with E-state index in [-0.39, 0.29) is 30.3 Å². The molecule has 1 aliphatic heterocycles. The van der Waals surface area contributed by atoms with Crippen LogP contribution in [0.1, 0.15) is 33.6 Å². The number of nitrogens with one attached hydrogen (secondary N) is 3. The van der Waals surface area contributed by atoms with Crippen LogP contribution in [0.25, 0.3) is 0 Å². The van der Waals surface area contributed by atoms with Crippen molar-refractivity contribution in [3.63, 3.8) is 0 Å². The molecule has 0 aromatic heterocycles. The lowest BCUT2D eigenvalue weighted by molar-refractivity contribution is 0.0930. The fourth-order valence-electron chi connectivity index (χ4n) is 2.80. The number of piperidine rings is 1. The summed E-state index contributed by atoms with van der Waals surface area (Å²) in [5.41, 5.74) is 1.57. The van der Waals surface area contributed by atoms with Crippen molar-refractivity contribution in [3.05, 3.63) is 65.7 Å². The Balaban J connectivity index is 0.00000225. The van der Waals surface area contributed by atoms with Crippen LogP contribution >= 0.6 is 12.4 Å². The topological polar surface area (TPSA) is 70.2 Å². The summed E-state index contributed by atoms with van der Waals surface area (Å²) in [6, 6.07) is 16.2. The van der Waals surface area contributed by atoms with E-state index < -0.39 is 0 Å². The molecule has 0 spiro atoms. The monoisotopic (exact) mass is 359 g/mol. The van der Waals surface area contributed by atoms with E-state index >= 15 is 0 Å². The molecule has 1 saturated heterocycles. The van der Waals surface area contributed by atoms with Gasteiger partial charge in [-0.15, -0.1) is 12.4 Å². The molecule has 0 radical (unpaired) electrons. The normalized spacial score (nSPS) is 14.2. The molecule has 0 saturated carbocycles. The van der Waals surface area contributed by atoms with E-state index in [0.717, 1.165) is 25.9 Å². The second-order valence-corrected chi connectivity index (χ2v) is 5.86. The molecular formula is C19H22ClN3O2. The molecule has 132 valence electrons. The number of hydrogen-bond acceptors (Lipinski definition) is 3. The van der Waals surface area contributed by atoms with Crippen molar-refractivity contribution in [1.82, 2.24) is 10.6 Å². The minimum Gasteiger partial charge on any atom is -0.349 e. The van der Waals surface area contributed by atoms with Gasteiger partial charge in [0.05, 0.1) is 11.3 Å². The zero-order valence-corrected chi connectivity index (χ0v) is 14.6. The summed E-state index contributed by atoms with van der Waals surface area (Å²) in [5.74, 6) is -0.372. The van der Waals surface area contributed by atoms with Crippen molar-refractivity contribution in [2.75, 3.05) is 18.4 Å². The molecule has 0 aliphatic carbocycles. The molecule has 3 rings (SSSR count). The molecule has 0 atom stereocenters. The van der Waals surface area contributed by atoms with E-state index in [1.165, 1.54) is 0 Å². The van der Waals surface area contributed by atoms with Gasteiger partial charge in [-0.3, -0.25) is 9.59 Å². The molecule has 0 bridgehead atoms. The van der Waals surface area contributed by atoms with Gasteiger partial charge in [0, 0.05) is 11.6 Å². The minimum atomic E-state index is -0.224. The maximum absolute atomic E-state index is 12.6. The lowest BCUT2D eigenvalue weighted by Crippen LogP contribution is -2.42. The maximum atomic E-state index is 12.6. The Kier molecular flexibility index (Phi) is 6.98. The Hall–Kier alpha value is -2.37. The number of para-hydroxylation sites is 1. The molecule has 2 aromatic carbocycles. The molecule has 1 fully saturated rings. The first-order valence-electron chi connectivity index (χ1n) is 8.21. The number of hydrogen-bond donors (Lipinski definition) is 3. The molecule has 2 aromatic rings. The average Bonchev–Trinajstić information content (AvgIpc) is 2.63. The number of benzene rings is 2. The zero-order chi connectivity index (χ0) is 16.8. The summed E-state index contributed by atoms with van der Waals surface area (Å²) in [6.07, 6.45) is 1.84. The Morgan fingerprint density at radius 1 is 0.880 bits per heavy atom. The number of carbonyl (C=O) groups excluding carboxylic acids is 2. The molecule has 0 unspecified atom stereocenters. The third-order valence-electron chi connectivity index (χ3n) is 4.13. The molecule has 5 nitrogen and oxygen atoms in total. The standard InChI is InChI=1S/C19H21N3O2.ClH/c23-18(14-6-2-1-3-7-14)22-17-9-5-4-8-16(17)19(24)21-15-10-12-20-13-11-15;/h1-9,15,20H,10-13H2,(H,21,24)(H,22,23);1H. The maximum Gasteiger partial charge on any atom is 0.255 e. The van der Waals surface area contributed by atoms with Gasteiger partial charge in [-0.25, -0.2) is 0 Å². The molecule has 25 heavy (non-hydrogen) atoms. The van der Waals surface area contributed by atoms with Crippen LogP contribution in [0.4, 0.5) is 5.69 Å². The van der Waals surface area contributed by atoms with E-state index in [1.807, 2.05) is 24.3 Å². The van der Waals surface area contributed by atoms with E-state index in [4.69, 9.17) is 0 Å². The Bertz CT molecular complexity index is 716. The summed E-state index contributed by atoms with van der Waals surface area (Å²) >= 11 is 0. The van der Waals surface area contributed by atoms with Gasteiger partial charge in [0.1, 0.15) is 0 Å². The Morgan fingerprint density at radius 2 is 1.52 bits per heavy atom. The van der Waals surface area contributed by atoms with Crippen LogP contribution in [-0.2, 0) is 0 Å². The van der Waals surface area contributed by atoms with Crippen LogP contribution in [0, 0.1) is 0 Å². The van der Waals surface area contributed by atoms with Gasteiger partial charge in [-0.1, -0.05) is 30.3 Å². The van der Waals surface area contributed by atoms with Crippen molar-refractivity contribution in [1.29, 1.82) is 0 Å². The molecular weight excluding hydrogens is 338 g/mol. The highest BCUT2D eigenvalue weighted by Gasteiger charge is 2.19. The molecule has 1 heterocycles. The summed E-state index contributed by atoms with van der Waals surface area (Å²) in [7, 11) is 0. The van der Waals surface area contributed by atoms with E-state index in [9.17, 15) is 9.59 Å². The predicted molar refractivity (Wildman–Crippen MR) is 101 cm³/mol. The second kappa shape index (κ2) is 9.20. The summed E-state index contributed by atoms with van der Waals surface area (Å²) in [4.78, 5) is 24.9. The lowest BCUT2D eigenvalue weighted by Gasteiger charge is -2.24. The van der Waals surface area contributed by atoms with Gasteiger partial charge in [-0.05, 0) is 50.2 Å². The molecule has 3 N–H and O–H groups in total. The smallest absolute Gasteiger partial charge is 0.255 e. The van der Waals surface area contributed by atoms with Crippen LogP contribution in [0.3, 0.4) is 0 Å². The largest absolute Gasteiger partial charge is 0.349 e. The highest BCUT2D eigenvalue weighted by atomic mass is 35.5. The number of rotatable bonds is 4. The van der Waals surface area contributed by atoms with Crippen LogP contribution in [-0.4, -0.2) is 30.9 Å². The van der Waals surface area contributed by atoms with Gasteiger partial charge in [0.2, 0.25) is 0 Å². The van der Waals surface area contributed by atoms with Gasteiger partial charge >= 0.3 is 0 Å². The number of anilines is 1. The first kappa shape index (κ1) is 19.0. The Morgan fingerprint density at radius 3 is 2.24 bits per heavy atom. The lowest BCUT2D eigenvalue weighted by atomic mass is 10.1. The van der Waals surface area contributed by atoms with Gasteiger partial charge in [0.25, 0.3) is 11.8 Å². The third kappa shape index (κ3) is 5.05. The summed E-state index contributed by atoms with van der Waals surface area (Å²) < 4.78 is 0. The average molecular weight is 360 g/mol. The predicted octanol–water partition coefficient (Wildman–Crippen LogP) is 2.84. The quantitative estimate of drug-likeness (QED) is 0.786. The SMILES string of the molecule is Cl.O=C(Nc1ccccc1C(=O)NC1CCNCC1)c1ccccc1. The van der Waals surface area contributed by atoms with Crippen LogP contribution in [0.15, 0.2) is 54.6 Å². The van der Waals surface area contributed by atoms with E-state index in [0.29, 0.717) is 16.8 Å². The third-order valence-corrected chi connectivity index (χ3v) is 4.13. The van der Waals surface area contributed by atoms with Crippen molar-refractivity contribution >= 4 is 29.9 Å². The van der Waals surface area contributed by atoms with Crippen molar-refractivity contribution in [3.8, 4) is 0 Å². The number of halogens is 1. The highest BCUT2D eigenvalue weighted by Crippen LogP contribution is 2.17. The van der Waals surface area contributed by atoms with Gasteiger partial charge in [0.15, 0.2) is 0 Å². The molecule has 2 amide bonds. The molecule has 6 heteroatoms. The number of carbonyl (C=O) groups is 2. The summed E-state index contributed by atoms with van der Waals surface area (Å²) in [6.45, 7) is 1.83. The zero-order valence-electron chi connectivity index (χ0n) is 13.8. The van der Waals surface area contributed by atoms with Crippen molar-refractivity contribution in [2.24, 2.45) is 0 Å². The van der Waals surface area contributed by atoms with E-state index in [2.05, 4.69) is 16.0 Å². The minimum absolute atomic E-state index is 0. The van der Waals surface area contributed by atoms with Gasteiger partial charge in [-0.2, -0.15) is 0 Å². The van der Waals surface area contributed by atoms with Crippen molar-refractivity contribution < 1.29 is 9.59 Å². The summed E-state index contributed by atoms with van der Waals surface area (Å²) in [5, 5.41) is 9.17. The fourth-order valence-corrected chi connectivity index (χ4v) is 2.80. The van der Waals surface area contributed by atoms with Crippen LogP contribution in [0.5, 0.6) is 0 Å². The molecule has 1 aliphatic rings. The van der Waals surface area contributed by atoms with E-state index in [1.54, 1.807) is 30.3 Å². The second-order valence-electron chi connectivity index (χ2n) is 5.86. The highest BCUT2D eigenvalue weighted by molar-refractivity contribution is 6.09. The number of amides is 2. The first-order valence-corrected chi connectivity index (χ1v) is 8.21. The van der Waals surface area contributed by atoms with Crippen LogP contribution < -0.4 is 16.0 Å². The van der Waals surface area contributed by atoms with Crippen molar-refractivity contribution in [2.45, 2.75) is 18.9 Å². The van der Waals surface area contributed by atoms with Gasteiger partial charge < -0.3 is 16.0 Å².